The Morgan fingerprint density at radius 2 is 0.720 bits per heavy atom. The summed E-state index contributed by atoms with van der Waals surface area (Å²) in [6.07, 6.45) is 2.26. The molecule has 244 valence electrons. The van der Waals surface area contributed by atoms with Gasteiger partial charge in [-0.2, -0.15) is 0 Å². The van der Waals surface area contributed by atoms with Gasteiger partial charge in [-0.25, -0.2) is 0 Å². The van der Waals surface area contributed by atoms with Crippen molar-refractivity contribution in [2.75, 3.05) is 24.0 Å². The molecule has 4 nitrogen and oxygen atoms in total. The summed E-state index contributed by atoms with van der Waals surface area (Å²) >= 11 is 0. The molecule has 0 atom stereocenters. The molecule has 4 heteroatoms. The summed E-state index contributed by atoms with van der Waals surface area (Å²) in [6.45, 7) is 0. The molecule has 0 radical (unpaired) electrons. The Balaban J connectivity index is 1.29. The highest BCUT2D eigenvalue weighted by Crippen LogP contribution is 2.43. The summed E-state index contributed by atoms with van der Waals surface area (Å²) < 4.78 is 11.7. The molecular formula is C46H38N2O2. The Morgan fingerprint density at radius 3 is 1.14 bits per heavy atom. The van der Waals surface area contributed by atoms with Crippen molar-refractivity contribution in [2.45, 2.75) is 0 Å². The van der Waals surface area contributed by atoms with E-state index in [9.17, 15) is 0 Å². The molecule has 0 bridgehead atoms. The number of ether oxygens (including phenoxy) is 2. The molecule has 0 spiro atoms. The van der Waals surface area contributed by atoms with Crippen molar-refractivity contribution in [3.8, 4) is 11.5 Å². The molecule has 7 rings (SSSR count). The van der Waals surface area contributed by atoms with Gasteiger partial charge in [0.05, 0.1) is 25.6 Å². The van der Waals surface area contributed by atoms with E-state index in [1.807, 2.05) is 42.5 Å². The number of methoxy groups -OCH3 is 2. The molecule has 7 aromatic carbocycles. The third-order valence-electron chi connectivity index (χ3n) is 8.66. The van der Waals surface area contributed by atoms with E-state index in [1.54, 1.807) is 14.2 Å². The smallest absolute Gasteiger partial charge is 0.142 e. The van der Waals surface area contributed by atoms with Crippen molar-refractivity contribution in [1.29, 1.82) is 0 Å². The molecule has 0 aliphatic carbocycles. The van der Waals surface area contributed by atoms with E-state index >= 15 is 0 Å². The molecule has 0 saturated carbocycles. The largest absolute Gasteiger partial charge is 0.495 e. The van der Waals surface area contributed by atoms with Gasteiger partial charge in [-0.3, -0.25) is 0 Å². The number of nitrogens with zero attached hydrogens (tertiary/aromatic N) is 2. The summed E-state index contributed by atoms with van der Waals surface area (Å²) in [5, 5.41) is 0. The van der Waals surface area contributed by atoms with Crippen LogP contribution in [0.25, 0.3) is 11.6 Å². The highest BCUT2D eigenvalue weighted by Gasteiger charge is 2.20. The van der Waals surface area contributed by atoms with Crippen LogP contribution in [0.1, 0.15) is 16.7 Å². The van der Waals surface area contributed by atoms with Crippen molar-refractivity contribution < 1.29 is 9.47 Å². The van der Waals surface area contributed by atoms with Gasteiger partial charge in [-0.1, -0.05) is 115 Å². The molecule has 0 heterocycles. The average Bonchev–Trinajstić information content (AvgIpc) is 3.20. The number of hydrogen-bond acceptors (Lipinski definition) is 4. The number of benzene rings is 7. The molecule has 7 aromatic rings. The molecular weight excluding hydrogens is 613 g/mol. The number of anilines is 6. The lowest BCUT2D eigenvalue weighted by Gasteiger charge is -2.29. The first-order valence-corrected chi connectivity index (χ1v) is 16.7. The van der Waals surface area contributed by atoms with E-state index in [2.05, 4.69) is 161 Å². The molecule has 0 amide bonds. The molecule has 0 fully saturated rings. The van der Waals surface area contributed by atoms with Crippen LogP contribution in [0.15, 0.2) is 188 Å². The standard InChI is InChI=1S/C46H38N2O2/c1-49-45-24-14-12-22-43(45)47(38-20-10-5-11-21-38)40-30-32-41(33-31-40)48(44-23-13-15-25-46(44)50-2)39-28-26-35(27-29-39)34-42(36-16-6-3-7-17-36)37-18-8-4-9-19-37/h3-34H,1-2H3. The van der Waals surface area contributed by atoms with Crippen LogP contribution in [0.3, 0.4) is 0 Å². The van der Waals surface area contributed by atoms with Crippen LogP contribution in [0.2, 0.25) is 0 Å². The molecule has 0 unspecified atom stereocenters. The van der Waals surface area contributed by atoms with Crippen molar-refractivity contribution in [3.63, 3.8) is 0 Å². The van der Waals surface area contributed by atoms with Gasteiger partial charge in [0.15, 0.2) is 0 Å². The quantitative estimate of drug-likeness (QED) is 0.130. The van der Waals surface area contributed by atoms with Crippen LogP contribution in [0, 0.1) is 0 Å². The highest BCUT2D eigenvalue weighted by atomic mass is 16.5. The van der Waals surface area contributed by atoms with Gasteiger partial charge in [0, 0.05) is 22.7 Å². The molecule has 0 aliphatic rings. The van der Waals surface area contributed by atoms with Gasteiger partial charge in [0.1, 0.15) is 11.5 Å². The summed E-state index contributed by atoms with van der Waals surface area (Å²) in [7, 11) is 3.43. The second kappa shape index (κ2) is 15.1. The zero-order valence-electron chi connectivity index (χ0n) is 28.2. The van der Waals surface area contributed by atoms with Crippen LogP contribution in [0.4, 0.5) is 34.1 Å². The van der Waals surface area contributed by atoms with Crippen molar-refractivity contribution in [1.82, 2.24) is 0 Å². The third-order valence-corrected chi connectivity index (χ3v) is 8.66. The van der Waals surface area contributed by atoms with Gasteiger partial charge in [0.25, 0.3) is 0 Å². The normalized spacial score (nSPS) is 10.6. The number of rotatable bonds is 11. The van der Waals surface area contributed by atoms with Crippen molar-refractivity contribution in [2.24, 2.45) is 0 Å². The first-order chi connectivity index (χ1) is 24.7. The van der Waals surface area contributed by atoms with Gasteiger partial charge in [0.2, 0.25) is 0 Å². The van der Waals surface area contributed by atoms with Crippen molar-refractivity contribution in [3.05, 3.63) is 205 Å². The van der Waals surface area contributed by atoms with E-state index in [4.69, 9.17) is 9.47 Å². The van der Waals surface area contributed by atoms with Crippen LogP contribution < -0.4 is 19.3 Å². The minimum absolute atomic E-state index is 0.788. The lowest BCUT2D eigenvalue weighted by atomic mass is 9.95. The molecule has 0 aliphatic heterocycles. The lowest BCUT2D eigenvalue weighted by molar-refractivity contribution is 0.416. The Kier molecular flexibility index (Phi) is 9.70. The maximum Gasteiger partial charge on any atom is 0.142 e. The van der Waals surface area contributed by atoms with Gasteiger partial charge in [-0.15, -0.1) is 0 Å². The van der Waals surface area contributed by atoms with E-state index in [1.165, 1.54) is 16.7 Å². The van der Waals surface area contributed by atoms with Crippen LogP contribution in [-0.4, -0.2) is 14.2 Å². The molecule has 0 aromatic heterocycles. The second-order valence-electron chi connectivity index (χ2n) is 11.7. The van der Waals surface area contributed by atoms with E-state index in [-0.39, 0.29) is 0 Å². The average molecular weight is 651 g/mol. The topological polar surface area (TPSA) is 24.9 Å². The fourth-order valence-corrected chi connectivity index (χ4v) is 6.27. The van der Waals surface area contributed by atoms with E-state index in [0.29, 0.717) is 0 Å². The van der Waals surface area contributed by atoms with Crippen LogP contribution in [0.5, 0.6) is 11.5 Å². The SMILES string of the molecule is COc1ccccc1N(c1ccccc1)c1ccc(N(c2ccc(C=C(c3ccccc3)c3ccccc3)cc2)c2ccccc2OC)cc1. The maximum absolute atomic E-state index is 5.87. The predicted octanol–water partition coefficient (Wildman–Crippen LogP) is 12.2. The predicted molar refractivity (Wildman–Crippen MR) is 209 cm³/mol. The van der Waals surface area contributed by atoms with Crippen LogP contribution in [-0.2, 0) is 0 Å². The van der Waals surface area contributed by atoms with Crippen molar-refractivity contribution >= 4 is 45.8 Å². The Bertz CT molecular complexity index is 2120. The fraction of sp³-hybridized carbons (Fsp3) is 0.0435. The summed E-state index contributed by atoms with van der Waals surface area (Å²) in [6, 6.07) is 65.0. The zero-order valence-corrected chi connectivity index (χ0v) is 28.2. The molecule has 0 N–H and O–H groups in total. The summed E-state index contributed by atoms with van der Waals surface area (Å²) in [5.41, 5.74) is 10.6. The van der Waals surface area contributed by atoms with E-state index in [0.717, 1.165) is 51.2 Å². The zero-order chi connectivity index (χ0) is 34.1. The minimum Gasteiger partial charge on any atom is -0.495 e. The van der Waals surface area contributed by atoms with Gasteiger partial charge < -0.3 is 19.3 Å². The Hall–Kier alpha value is -6.52. The Morgan fingerprint density at radius 1 is 0.380 bits per heavy atom. The Labute approximate surface area is 294 Å². The third kappa shape index (κ3) is 6.87. The fourth-order valence-electron chi connectivity index (χ4n) is 6.27. The maximum atomic E-state index is 5.87. The summed E-state index contributed by atoms with van der Waals surface area (Å²) in [4.78, 5) is 4.45. The first kappa shape index (κ1) is 32.0. The van der Waals surface area contributed by atoms with Gasteiger partial charge >= 0.3 is 0 Å². The molecule has 50 heavy (non-hydrogen) atoms. The summed E-state index contributed by atoms with van der Waals surface area (Å²) in [5.74, 6) is 1.59. The van der Waals surface area contributed by atoms with Gasteiger partial charge in [-0.05, 0) is 101 Å². The molecule has 0 saturated heterocycles. The lowest BCUT2D eigenvalue weighted by Crippen LogP contribution is -2.13. The number of para-hydroxylation sites is 5. The monoisotopic (exact) mass is 650 g/mol. The number of hydrogen-bond donors (Lipinski definition) is 0. The van der Waals surface area contributed by atoms with Crippen LogP contribution >= 0.6 is 0 Å². The second-order valence-corrected chi connectivity index (χ2v) is 11.7. The highest BCUT2D eigenvalue weighted by molar-refractivity contribution is 5.92. The minimum atomic E-state index is 0.788. The first-order valence-electron chi connectivity index (χ1n) is 16.7. The van der Waals surface area contributed by atoms with E-state index < -0.39 is 0 Å².